The largest absolute Gasteiger partial charge is 0.342 e. The number of piperidine rings is 1. The van der Waals surface area contributed by atoms with Crippen LogP contribution in [0.2, 0.25) is 0 Å². The lowest BCUT2D eigenvalue weighted by molar-refractivity contribution is 0.432. The molecule has 0 spiro atoms. The fourth-order valence-corrected chi connectivity index (χ4v) is 6.09. The topological polar surface area (TPSA) is 88.8 Å². The van der Waals surface area contributed by atoms with E-state index in [2.05, 4.69) is 22.9 Å². The smallest absolute Gasteiger partial charge is 0.329 e. The molecule has 0 aliphatic carbocycles. The molecule has 1 aliphatic heterocycles. The lowest BCUT2D eigenvalue weighted by atomic mass is 10.00. The van der Waals surface area contributed by atoms with E-state index in [0.29, 0.717) is 23.6 Å². The van der Waals surface area contributed by atoms with Gasteiger partial charge in [0.15, 0.2) is 15.5 Å². The van der Waals surface area contributed by atoms with Gasteiger partial charge in [0.25, 0.3) is 5.56 Å². The zero-order chi connectivity index (χ0) is 21.5. The van der Waals surface area contributed by atoms with E-state index in [1.165, 1.54) is 9.27 Å². The minimum absolute atomic E-state index is 0.382. The Bertz CT molecular complexity index is 1330. The van der Waals surface area contributed by atoms with Crippen LogP contribution < -0.4 is 16.1 Å². The zero-order valence-corrected chi connectivity index (χ0v) is 19.1. The van der Waals surface area contributed by atoms with Crippen molar-refractivity contribution >= 4 is 50.4 Å². The van der Waals surface area contributed by atoms with E-state index < -0.39 is 5.69 Å². The van der Waals surface area contributed by atoms with Crippen LogP contribution in [0.1, 0.15) is 19.8 Å². The molecule has 0 amide bonds. The second-order valence-electron chi connectivity index (χ2n) is 8.02. The van der Waals surface area contributed by atoms with Gasteiger partial charge in [-0.2, -0.15) is 4.98 Å². The number of anilines is 1. The van der Waals surface area contributed by atoms with Crippen LogP contribution in [0, 0.1) is 5.92 Å². The van der Waals surface area contributed by atoms with Gasteiger partial charge in [0, 0.05) is 32.4 Å². The number of aromatic nitrogens is 5. The Morgan fingerprint density at radius 1 is 1.19 bits per heavy atom. The summed E-state index contributed by atoms with van der Waals surface area (Å²) in [5.41, 5.74) is 1.09. The number of rotatable bonds is 5. The number of benzene rings is 1. The van der Waals surface area contributed by atoms with Gasteiger partial charge in [-0.25, -0.2) is 9.78 Å². The van der Waals surface area contributed by atoms with Crippen LogP contribution in [0.15, 0.2) is 38.2 Å². The highest BCUT2D eigenvalue weighted by Crippen LogP contribution is 2.30. The van der Waals surface area contributed by atoms with E-state index in [4.69, 9.17) is 9.97 Å². The van der Waals surface area contributed by atoms with E-state index in [9.17, 15) is 9.59 Å². The van der Waals surface area contributed by atoms with E-state index in [1.807, 2.05) is 22.8 Å². The molecule has 0 radical (unpaired) electrons. The molecule has 5 rings (SSSR count). The molecule has 1 saturated heterocycles. The van der Waals surface area contributed by atoms with Crippen molar-refractivity contribution in [1.82, 2.24) is 24.1 Å². The Morgan fingerprint density at radius 3 is 2.74 bits per heavy atom. The predicted molar refractivity (Wildman–Crippen MR) is 127 cm³/mol. The number of hydrogen-bond donors (Lipinski definition) is 1. The van der Waals surface area contributed by atoms with Crippen molar-refractivity contribution in [2.24, 2.45) is 13.0 Å². The van der Waals surface area contributed by atoms with Crippen LogP contribution in [0.25, 0.3) is 21.4 Å². The number of imidazole rings is 1. The highest BCUT2D eigenvalue weighted by Gasteiger charge is 2.24. The van der Waals surface area contributed by atoms with Crippen molar-refractivity contribution in [1.29, 1.82) is 0 Å². The molecule has 8 nitrogen and oxygen atoms in total. The Balaban J connectivity index is 1.48. The van der Waals surface area contributed by atoms with Gasteiger partial charge in [0.1, 0.15) is 0 Å². The Hall–Kier alpha value is -2.59. The van der Waals surface area contributed by atoms with Crippen LogP contribution in [0.3, 0.4) is 0 Å². The summed E-state index contributed by atoms with van der Waals surface area (Å²) in [7, 11) is 1.65. The highest BCUT2D eigenvalue weighted by molar-refractivity contribution is 8.01. The number of thioether (sulfide) groups is 1. The number of aromatic amines is 1. The molecule has 1 aromatic carbocycles. The molecule has 0 saturated carbocycles. The van der Waals surface area contributed by atoms with Gasteiger partial charge in [-0.05, 0) is 30.9 Å². The van der Waals surface area contributed by atoms with Crippen LogP contribution in [0.5, 0.6) is 0 Å². The van der Waals surface area contributed by atoms with Gasteiger partial charge in [-0.15, -0.1) is 11.3 Å². The Kier molecular flexibility index (Phi) is 5.35. The van der Waals surface area contributed by atoms with Gasteiger partial charge in [-0.3, -0.25) is 14.3 Å². The summed E-state index contributed by atoms with van der Waals surface area (Å²) < 4.78 is 5.58. The molecule has 162 valence electrons. The molecule has 1 aliphatic rings. The summed E-state index contributed by atoms with van der Waals surface area (Å²) in [6.45, 7) is 4.69. The van der Waals surface area contributed by atoms with Crippen LogP contribution in [0.4, 0.5) is 5.95 Å². The first-order valence-corrected chi connectivity index (χ1v) is 12.2. The number of fused-ring (bicyclic) bond motifs is 2. The molecule has 4 heterocycles. The second kappa shape index (κ2) is 8.16. The molecular formula is C21H24N6O2S2. The zero-order valence-electron chi connectivity index (χ0n) is 17.5. The fraction of sp³-hybridized carbons (Fsp3) is 0.429. The van der Waals surface area contributed by atoms with Crippen molar-refractivity contribution in [3.63, 3.8) is 0 Å². The molecule has 4 aromatic rings. The highest BCUT2D eigenvalue weighted by atomic mass is 32.2. The molecule has 10 heteroatoms. The molecule has 0 atom stereocenters. The maximum atomic E-state index is 12.7. The van der Waals surface area contributed by atoms with Gasteiger partial charge in [0.2, 0.25) is 5.95 Å². The fourth-order valence-electron chi connectivity index (χ4n) is 4.02. The number of hydrogen-bond acceptors (Lipinski definition) is 7. The summed E-state index contributed by atoms with van der Waals surface area (Å²) in [5, 5.41) is 0. The number of para-hydroxylation sites is 1. The van der Waals surface area contributed by atoms with Gasteiger partial charge in [-0.1, -0.05) is 30.8 Å². The predicted octanol–water partition coefficient (Wildman–Crippen LogP) is 3.06. The van der Waals surface area contributed by atoms with Crippen LogP contribution >= 0.6 is 23.1 Å². The van der Waals surface area contributed by atoms with Crippen molar-refractivity contribution in [3.8, 4) is 0 Å². The number of thiazole rings is 1. The summed E-state index contributed by atoms with van der Waals surface area (Å²) in [5.74, 6) is 2.22. The first kappa shape index (κ1) is 20.3. The minimum atomic E-state index is -0.440. The monoisotopic (exact) mass is 456 g/mol. The molecular weight excluding hydrogens is 432 g/mol. The Morgan fingerprint density at radius 2 is 1.97 bits per heavy atom. The summed E-state index contributed by atoms with van der Waals surface area (Å²) in [6.07, 6.45) is 2.19. The van der Waals surface area contributed by atoms with E-state index >= 15 is 0 Å². The van der Waals surface area contributed by atoms with Crippen LogP contribution in [-0.2, 0) is 13.6 Å². The summed E-state index contributed by atoms with van der Waals surface area (Å²) >= 11 is 3.36. The van der Waals surface area contributed by atoms with Gasteiger partial charge >= 0.3 is 5.69 Å². The van der Waals surface area contributed by atoms with E-state index in [0.717, 1.165) is 47.5 Å². The normalized spacial score (nSPS) is 15.4. The third kappa shape index (κ3) is 3.78. The van der Waals surface area contributed by atoms with E-state index in [-0.39, 0.29) is 5.56 Å². The second-order valence-corrected chi connectivity index (χ2v) is 10.4. The number of H-pyrrole nitrogens is 1. The maximum Gasteiger partial charge on any atom is 0.329 e. The molecule has 1 fully saturated rings. The first-order valence-electron chi connectivity index (χ1n) is 10.4. The molecule has 0 unspecified atom stereocenters. The maximum absolute atomic E-state index is 12.7. The molecule has 1 N–H and O–H groups in total. The third-order valence-corrected chi connectivity index (χ3v) is 8.03. The number of nitrogens with one attached hydrogen (secondary N) is 1. The standard InChI is InChI=1S/C21H24N6O2S2/c1-13-7-9-26(10-8-13)19-23-17-16(18(28)24-20(29)25(17)2)27(19)11-12-30-21-22-14-5-3-4-6-15(14)31-21/h3-6,13H,7-12H2,1-2H3,(H,24,28,29). The SMILES string of the molecule is CC1CCN(c2nc3c(c(=O)[nH]c(=O)n3C)n2CCSc2nc3ccccc3s2)CC1. The lowest BCUT2D eigenvalue weighted by Crippen LogP contribution is -2.35. The first-order chi connectivity index (χ1) is 15.0. The van der Waals surface area contributed by atoms with E-state index in [1.54, 1.807) is 30.1 Å². The van der Waals surface area contributed by atoms with Gasteiger partial charge in [0.05, 0.1) is 10.2 Å². The lowest BCUT2D eigenvalue weighted by Gasteiger charge is -2.31. The summed E-state index contributed by atoms with van der Waals surface area (Å²) in [4.78, 5) is 38.9. The van der Waals surface area contributed by atoms with Crippen LogP contribution in [-0.4, -0.2) is 42.9 Å². The molecule has 31 heavy (non-hydrogen) atoms. The Labute approximate surface area is 186 Å². The molecule has 3 aromatic heterocycles. The molecule has 0 bridgehead atoms. The van der Waals surface area contributed by atoms with Crippen molar-refractivity contribution < 1.29 is 0 Å². The minimum Gasteiger partial charge on any atom is -0.342 e. The number of nitrogens with zero attached hydrogens (tertiary/aromatic N) is 5. The van der Waals surface area contributed by atoms with Crippen molar-refractivity contribution in [3.05, 3.63) is 45.1 Å². The van der Waals surface area contributed by atoms with Gasteiger partial charge < -0.3 is 9.47 Å². The number of aryl methyl sites for hydroxylation is 2. The van der Waals surface area contributed by atoms with Crippen molar-refractivity contribution in [2.75, 3.05) is 23.7 Å². The summed E-state index contributed by atoms with van der Waals surface area (Å²) in [6, 6.07) is 8.12. The third-order valence-electron chi connectivity index (χ3n) is 5.87. The average Bonchev–Trinajstić information content (AvgIpc) is 3.34. The van der Waals surface area contributed by atoms with Crippen molar-refractivity contribution in [2.45, 2.75) is 30.6 Å². The average molecular weight is 457 g/mol. The quantitative estimate of drug-likeness (QED) is 0.465.